The van der Waals surface area contributed by atoms with Crippen LogP contribution in [0.5, 0.6) is 0 Å². The normalized spacial score (nSPS) is 21.2. The third kappa shape index (κ3) is 3.29. The second-order valence-corrected chi connectivity index (χ2v) is 8.06. The van der Waals surface area contributed by atoms with Crippen LogP contribution in [0.3, 0.4) is 0 Å². The predicted octanol–water partition coefficient (Wildman–Crippen LogP) is 4.23. The molecule has 2 amide bonds. The number of imide groups is 1. The topological polar surface area (TPSA) is 64.4 Å². The molecule has 0 spiro atoms. The number of nitriles is 1. The Morgan fingerprint density at radius 1 is 1.14 bits per heavy atom. The number of hydrogen-bond donors (Lipinski definition) is 0. The zero-order valence-electron chi connectivity index (χ0n) is 17.7. The maximum Gasteiger partial charge on any atom is 0.271 e. The van der Waals surface area contributed by atoms with E-state index in [-0.39, 0.29) is 16.9 Å². The molecule has 0 atom stereocenters. The van der Waals surface area contributed by atoms with Gasteiger partial charge in [-0.25, -0.2) is 0 Å². The van der Waals surface area contributed by atoms with Gasteiger partial charge in [-0.05, 0) is 42.7 Å². The van der Waals surface area contributed by atoms with Crippen molar-refractivity contribution in [2.45, 2.75) is 46.0 Å². The SMILES string of the molecule is CCCCN1C(=O)C(C#N)=C(C)/C(=C\C=C2/N(C)c3ccccc3C2(C)C)C1=O. The number of amides is 2. The van der Waals surface area contributed by atoms with Gasteiger partial charge in [-0.3, -0.25) is 14.5 Å². The molecule has 3 rings (SSSR count). The van der Waals surface area contributed by atoms with Gasteiger partial charge < -0.3 is 4.90 Å². The minimum absolute atomic E-state index is 0.0488. The van der Waals surface area contributed by atoms with Crippen LogP contribution in [0.2, 0.25) is 0 Å². The first-order valence-electron chi connectivity index (χ1n) is 9.98. The molecule has 5 heteroatoms. The highest BCUT2D eigenvalue weighted by Gasteiger charge is 2.38. The van der Waals surface area contributed by atoms with Crippen LogP contribution in [0, 0.1) is 11.3 Å². The predicted molar refractivity (Wildman–Crippen MR) is 114 cm³/mol. The summed E-state index contributed by atoms with van der Waals surface area (Å²) in [6.07, 6.45) is 5.29. The van der Waals surface area contributed by atoms with Crippen molar-refractivity contribution in [2.24, 2.45) is 0 Å². The summed E-state index contributed by atoms with van der Waals surface area (Å²) in [5.41, 5.74) is 4.12. The van der Waals surface area contributed by atoms with Crippen LogP contribution in [-0.4, -0.2) is 30.3 Å². The number of carbonyl (C=O) groups excluding carboxylic acids is 2. The van der Waals surface area contributed by atoms with E-state index in [1.165, 1.54) is 10.5 Å². The fourth-order valence-corrected chi connectivity index (χ4v) is 4.14. The van der Waals surface area contributed by atoms with Crippen LogP contribution in [0.15, 0.2) is 58.8 Å². The molecular weight excluding hydrogens is 362 g/mol. The molecule has 0 aliphatic carbocycles. The van der Waals surface area contributed by atoms with Gasteiger partial charge in [0.1, 0.15) is 11.6 Å². The third-order valence-electron chi connectivity index (χ3n) is 5.91. The summed E-state index contributed by atoms with van der Waals surface area (Å²) in [4.78, 5) is 28.9. The number of anilines is 1. The first-order chi connectivity index (χ1) is 13.8. The van der Waals surface area contributed by atoms with Gasteiger partial charge in [0.2, 0.25) is 0 Å². The lowest BCUT2D eigenvalue weighted by molar-refractivity contribution is -0.140. The zero-order valence-corrected chi connectivity index (χ0v) is 17.7. The maximum absolute atomic E-state index is 13.0. The van der Waals surface area contributed by atoms with Gasteiger partial charge in [0.05, 0.1) is 0 Å². The molecule has 5 nitrogen and oxygen atoms in total. The van der Waals surface area contributed by atoms with Gasteiger partial charge in [-0.2, -0.15) is 5.26 Å². The van der Waals surface area contributed by atoms with Crippen LogP contribution in [0.1, 0.15) is 46.1 Å². The van der Waals surface area contributed by atoms with Gasteiger partial charge in [-0.15, -0.1) is 0 Å². The number of carbonyl (C=O) groups is 2. The number of nitrogens with zero attached hydrogens (tertiary/aromatic N) is 3. The monoisotopic (exact) mass is 389 g/mol. The van der Waals surface area contributed by atoms with E-state index in [1.807, 2.05) is 38.2 Å². The Kier molecular flexibility index (Phi) is 5.48. The van der Waals surface area contributed by atoms with E-state index >= 15 is 0 Å². The van der Waals surface area contributed by atoms with Crippen LogP contribution in [0.4, 0.5) is 5.69 Å². The number of fused-ring (bicyclic) bond motifs is 1. The summed E-state index contributed by atoms with van der Waals surface area (Å²) in [6.45, 7) is 8.32. The Balaban J connectivity index is 2.07. The number of likely N-dealkylation sites (N-methyl/N-ethyl adjacent to an activating group) is 1. The summed E-state index contributed by atoms with van der Waals surface area (Å²) in [6, 6.07) is 10.2. The lowest BCUT2D eigenvalue weighted by Crippen LogP contribution is -2.43. The average Bonchev–Trinajstić information content (AvgIpc) is 2.89. The molecule has 2 aliphatic rings. The highest BCUT2D eigenvalue weighted by molar-refractivity contribution is 6.18. The molecule has 0 fully saturated rings. The number of para-hydroxylation sites is 1. The number of hydrogen-bond acceptors (Lipinski definition) is 4. The second-order valence-electron chi connectivity index (χ2n) is 8.06. The van der Waals surface area contributed by atoms with E-state index in [1.54, 1.807) is 13.0 Å². The summed E-state index contributed by atoms with van der Waals surface area (Å²) in [7, 11) is 2.01. The van der Waals surface area contributed by atoms with Crippen molar-refractivity contribution >= 4 is 17.5 Å². The molecule has 1 aromatic carbocycles. The Labute approximate surface area is 172 Å². The standard InChI is InChI=1S/C24H27N3O2/c1-6-7-14-27-22(28)17(16(2)18(15-25)23(27)29)12-13-21-24(3,4)19-10-8-9-11-20(19)26(21)5/h8-13H,6-7,14H2,1-5H3/b17-12+,21-13-. The van der Waals surface area contributed by atoms with Crippen LogP contribution in [-0.2, 0) is 15.0 Å². The van der Waals surface area contributed by atoms with E-state index < -0.39 is 5.91 Å². The molecule has 0 aromatic heterocycles. The summed E-state index contributed by atoms with van der Waals surface area (Å²) in [5, 5.41) is 9.48. The number of allylic oxidation sites excluding steroid dienone is 3. The van der Waals surface area contributed by atoms with Crippen molar-refractivity contribution in [3.05, 3.63) is 64.4 Å². The van der Waals surface area contributed by atoms with Gasteiger partial charge in [-0.1, -0.05) is 45.4 Å². The van der Waals surface area contributed by atoms with E-state index in [4.69, 9.17) is 0 Å². The quantitative estimate of drug-likeness (QED) is 0.571. The van der Waals surface area contributed by atoms with Crippen molar-refractivity contribution in [3.8, 4) is 6.07 Å². The molecule has 0 bridgehead atoms. The molecule has 0 saturated carbocycles. The molecule has 0 saturated heterocycles. The van der Waals surface area contributed by atoms with Crippen molar-refractivity contribution in [3.63, 3.8) is 0 Å². The lowest BCUT2D eigenvalue weighted by atomic mass is 9.83. The lowest BCUT2D eigenvalue weighted by Gasteiger charge is -2.27. The Hall–Kier alpha value is -3.13. The van der Waals surface area contributed by atoms with E-state index in [0.29, 0.717) is 24.1 Å². The van der Waals surface area contributed by atoms with Gasteiger partial charge >= 0.3 is 0 Å². The molecular formula is C24H27N3O2. The molecule has 2 aliphatic heterocycles. The minimum atomic E-state index is -0.487. The van der Waals surface area contributed by atoms with Gasteiger partial charge in [0, 0.05) is 36.0 Å². The van der Waals surface area contributed by atoms with Gasteiger partial charge in [0.25, 0.3) is 11.8 Å². The Morgan fingerprint density at radius 2 is 1.83 bits per heavy atom. The van der Waals surface area contributed by atoms with Crippen LogP contribution < -0.4 is 4.90 Å². The molecule has 0 unspecified atom stereocenters. The Bertz CT molecular complexity index is 1010. The summed E-state index contributed by atoms with van der Waals surface area (Å²) < 4.78 is 0. The number of unbranched alkanes of at least 4 members (excludes halogenated alkanes) is 1. The largest absolute Gasteiger partial charge is 0.347 e. The van der Waals surface area contributed by atoms with E-state index in [0.717, 1.165) is 17.8 Å². The maximum atomic E-state index is 13.0. The first-order valence-corrected chi connectivity index (χ1v) is 9.98. The molecule has 0 radical (unpaired) electrons. The van der Waals surface area contributed by atoms with Gasteiger partial charge in [0.15, 0.2) is 0 Å². The van der Waals surface area contributed by atoms with Crippen LogP contribution in [0.25, 0.3) is 0 Å². The molecule has 150 valence electrons. The van der Waals surface area contributed by atoms with Crippen LogP contribution >= 0.6 is 0 Å². The van der Waals surface area contributed by atoms with Crippen molar-refractivity contribution < 1.29 is 9.59 Å². The minimum Gasteiger partial charge on any atom is -0.347 e. The third-order valence-corrected chi connectivity index (χ3v) is 5.91. The summed E-state index contributed by atoms with van der Waals surface area (Å²) in [5.74, 6) is -0.813. The molecule has 0 N–H and O–H groups in total. The summed E-state index contributed by atoms with van der Waals surface area (Å²) >= 11 is 0. The smallest absolute Gasteiger partial charge is 0.271 e. The first kappa shape index (κ1) is 20.6. The van der Waals surface area contributed by atoms with E-state index in [9.17, 15) is 14.9 Å². The highest BCUT2D eigenvalue weighted by atomic mass is 16.2. The van der Waals surface area contributed by atoms with Crippen molar-refractivity contribution in [1.29, 1.82) is 5.26 Å². The second kappa shape index (κ2) is 7.71. The zero-order chi connectivity index (χ0) is 21.3. The number of rotatable bonds is 4. The fraction of sp³-hybridized carbons (Fsp3) is 0.375. The molecule has 29 heavy (non-hydrogen) atoms. The number of benzene rings is 1. The molecule has 2 heterocycles. The fourth-order valence-electron chi connectivity index (χ4n) is 4.14. The van der Waals surface area contributed by atoms with Crippen molar-refractivity contribution in [1.82, 2.24) is 4.90 Å². The average molecular weight is 389 g/mol. The highest BCUT2D eigenvalue weighted by Crippen LogP contribution is 2.46. The molecule has 1 aromatic rings. The van der Waals surface area contributed by atoms with E-state index in [2.05, 4.69) is 30.9 Å². The van der Waals surface area contributed by atoms with Crippen molar-refractivity contribution in [2.75, 3.05) is 18.5 Å². The Morgan fingerprint density at radius 3 is 2.45 bits per heavy atom.